The summed E-state index contributed by atoms with van der Waals surface area (Å²) in [5, 5.41) is 9.10. The lowest BCUT2D eigenvalue weighted by Gasteiger charge is -2.34. The molecule has 3 N–H and O–H groups in total. The van der Waals surface area contributed by atoms with Crippen molar-refractivity contribution in [1.29, 1.82) is 0 Å². The van der Waals surface area contributed by atoms with Crippen molar-refractivity contribution >= 4 is 49.4 Å². The van der Waals surface area contributed by atoms with Gasteiger partial charge in [0.2, 0.25) is 5.69 Å². The topological polar surface area (TPSA) is 152 Å². The summed E-state index contributed by atoms with van der Waals surface area (Å²) < 4.78 is 66.3. The summed E-state index contributed by atoms with van der Waals surface area (Å²) in [5.41, 5.74) is 9.49. The van der Waals surface area contributed by atoms with Gasteiger partial charge in [0.1, 0.15) is 6.54 Å². The van der Waals surface area contributed by atoms with Gasteiger partial charge >= 0.3 is 5.97 Å². The molecule has 3 aliphatic rings. The van der Waals surface area contributed by atoms with Gasteiger partial charge in [-0.25, -0.2) is 0 Å². The molecule has 0 aromatic heterocycles. The summed E-state index contributed by atoms with van der Waals surface area (Å²) in [7, 11) is -8.25. The molecule has 2 aromatic carbocycles. The van der Waals surface area contributed by atoms with Crippen molar-refractivity contribution in [3.63, 3.8) is 0 Å². The van der Waals surface area contributed by atoms with Crippen LogP contribution in [0.4, 0.5) is 11.4 Å². The summed E-state index contributed by atoms with van der Waals surface area (Å²) in [5.74, 6) is -1.22. The van der Waals surface area contributed by atoms with Crippen LogP contribution in [0.5, 0.6) is 0 Å². The number of hydrogen-bond donors (Lipinski definition) is 3. The first kappa shape index (κ1) is 34.3. The molecule has 0 saturated heterocycles. The second-order valence-corrected chi connectivity index (χ2v) is 16.4. The molecule has 2 unspecified atom stereocenters. The summed E-state index contributed by atoms with van der Waals surface area (Å²) >= 11 is 0. The van der Waals surface area contributed by atoms with Crippen molar-refractivity contribution in [2.45, 2.75) is 77.0 Å². The smallest absolute Gasteiger partial charge is 0.303 e. The first-order valence-electron chi connectivity index (χ1n) is 16.1. The zero-order valence-corrected chi connectivity index (χ0v) is 28.2. The van der Waals surface area contributed by atoms with E-state index in [1.807, 2.05) is 11.0 Å². The lowest BCUT2D eigenvalue weighted by molar-refractivity contribution is -0.443. The van der Waals surface area contributed by atoms with Gasteiger partial charge in [-0.1, -0.05) is 30.5 Å². The summed E-state index contributed by atoms with van der Waals surface area (Å²) in [6.45, 7) is 6.00. The average molecular weight is 674 g/mol. The highest BCUT2D eigenvalue weighted by molar-refractivity contribution is 7.86. The van der Waals surface area contributed by atoms with Crippen molar-refractivity contribution in [3.8, 4) is 0 Å². The van der Waals surface area contributed by atoms with E-state index in [1.54, 1.807) is 0 Å². The third-order valence-electron chi connectivity index (χ3n) is 9.74. The van der Waals surface area contributed by atoms with Crippen molar-refractivity contribution in [2.75, 3.05) is 36.0 Å². The van der Waals surface area contributed by atoms with Crippen LogP contribution in [0.15, 0.2) is 42.0 Å². The number of fused-ring (bicyclic) bond motifs is 5. The van der Waals surface area contributed by atoms with Crippen LogP contribution in [-0.2, 0) is 36.9 Å². The molecular formula is C34H45N2O8S2+. The number of allylic oxidation sites excluding steroid dienone is 1. The minimum absolute atomic E-state index is 0.178. The Morgan fingerprint density at radius 3 is 2.30 bits per heavy atom. The van der Waals surface area contributed by atoms with Gasteiger partial charge in [-0.3, -0.25) is 13.9 Å². The predicted molar refractivity (Wildman–Crippen MR) is 180 cm³/mol. The minimum Gasteiger partial charge on any atom is -0.481 e. The Morgan fingerprint density at radius 2 is 1.65 bits per heavy atom. The number of nitrogens with zero attached hydrogens (tertiary/aromatic N) is 2. The fraction of sp³-hybridized carbons (Fsp3) is 0.529. The molecule has 0 saturated carbocycles. The van der Waals surface area contributed by atoms with Gasteiger partial charge in [0.25, 0.3) is 20.2 Å². The van der Waals surface area contributed by atoms with E-state index in [2.05, 4.69) is 54.8 Å². The Kier molecular flexibility index (Phi) is 10.1. The highest BCUT2D eigenvalue weighted by Gasteiger charge is 2.53. The van der Waals surface area contributed by atoms with E-state index >= 15 is 0 Å². The van der Waals surface area contributed by atoms with Crippen LogP contribution < -0.4 is 4.90 Å². The molecule has 5 rings (SSSR count). The van der Waals surface area contributed by atoms with Gasteiger partial charge in [-0.05, 0) is 81.4 Å². The second kappa shape index (κ2) is 13.6. The monoisotopic (exact) mass is 673 g/mol. The Hall–Kier alpha value is -3.06. The molecule has 0 fully saturated rings. The third-order valence-corrected chi connectivity index (χ3v) is 11.4. The molecule has 1 aliphatic carbocycles. The van der Waals surface area contributed by atoms with Crippen LogP contribution in [0.2, 0.25) is 0 Å². The zero-order chi connectivity index (χ0) is 33.3. The van der Waals surface area contributed by atoms with E-state index < -0.39 is 37.7 Å². The van der Waals surface area contributed by atoms with Crippen molar-refractivity contribution < 1.29 is 40.4 Å². The molecule has 12 heteroatoms. The quantitative estimate of drug-likeness (QED) is 0.128. The Balaban J connectivity index is 1.44. The van der Waals surface area contributed by atoms with Crippen LogP contribution in [-0.4, -0.2) is 78.4 Å². The normalized spacial score (nSPS) is 20.4. The molecule has 2 heterocycles. The highest BCUT2D eigenvalue weighted by Crippen LogP contribution is 2.50. The third kappa shape index (κ3) is 7.90. The van der Waals surface area contributed by atoms with Gasteiger partial charge in [0.15, 0.2) is 5.71 Å². The number of anilines is 1. The lowest BCUT2D eigenvalue weighted by atomic mass is 9.67. The predicted octanol–water partition coefficient (Wildman–Crippen LogP) is 5.41. The molecule has 10 nitrogen and oxygen atoms in total. The maximum atomic E-state index is 11.3. The number of carboxylic acid groups (broad SMARTS) is 1. The number of benzene rings is 2. The van der Waals surface area contributed by atoms with Crippen LogP contribution >= 0.6 is 0 Å². The van der Waals surface area contributed by atoms with E-state index in [0.29, 0.717) is 25.4 Å². The molecule has 0 amide bonds. The molecule has 46 heavy (non-hydrogen) atoms. The summed E-state index contributed by atoms with van der Waals surface area (Å²) in [6.07, 6.45) is 8.13. The number of carbonyl (C=O) groups is 1. The minimum atomic E-state index is -4.13. The number of aliphatic carboxylic acids is 1. The van der Waals surface area contributed by atoms with E-state index in [9.17, 15) is 30.7 Å². The number of carboxylic acids is 1. The summed E-state index contributed by atoms with van der Waals surface area (Å²) in [6, 6.07) is 12.9. The average Bonchev–Trinajstić information content (AvgIpc) is 3.21. The Bertz CT molecular complexity index is 1740. The van der Waals surface area contributed by atoms with Gasteiger partial charge in [0.05, 0.1) is 16.9 Å². The fourth-order valence-electron chi connectivity index (χ4n) is 7.58. The number of hydrogen-bond acceptors (Lipinski definition) is 6. The fourth-order valence-corrected chi connectivity index (χ4v) is 8.57. The zero-order valence-electron chi connectivity index (χ0n) is 26.6. The Morgan fingerprint density at radius 1 is 0.957 bits per heavy atom. The van der Waals surface area contributed by atoms with Crippen molar-refractivity contribution in [3.05, 3.63) is 64.2 Å². The number of rotatable bonds is 15. The summed E-state index contributed by atoms with van der Waals surface area (Å²) in [4.78, 5) is 13.0. The molecule has 2 aromatic rings. The van der Waals surface area contributed by atoms with Crippen molar-refractivity contribution in [2.24, 2.45) is 5.92 Å². The largest absolute Gasteiger partial charge is 0.481 e. The molecule has 2 aliphatic heterocycles. The van der Waals surface area contributed by atoms with E-state index in [1.165, 1.54) is 33.7 Å². The van der Waals surface area contributed by atoms with E-state index in [0.717, 1.165) is 49.9 Å². The van der Waals surface area contributed by atoms with E-state index in [4.69, 9.17) is 5.11 Å². The van der Waals surface area contributed by atoms with Crippen LogP contribution in [0.1, 0.15) is 80.5 Å². The van der Waals surface area contributed by atoms with Gasteiger partial charge in [-0.2, -0.15) is 21.4 Å². The van der Waals surface area contributed by atoms with E-state index in [-0.39, 0.29) is 24.7 Å². The standard InChI is InChI=1S/C34H44N2O8S2/c1-24-9-12-31-30(20-24)34(2,14-5-3-4-8-32(37)38)33-29-23-25-10-11-28(22-27(25)21-26(29)13-17-36(31)33)35(15-6-18-45(39,40)41)16-7-19-46(42,43)44/h9-12,20,22-23,26H,3-8,13-19,21H2,1-2H3,(H2-,37,38,39,40,41,42,43,44)/p+1. The SMILES string of the molecule is Cc1ccc2c(c1)C(C)(CCCCCC(=O)O)C1=[N+]2CCC2Cc3cc(N(CCCS(=O)(=O)O)CCCS(=O)(=O)O)ccc3C=C12. The first-order chi connectivity index (χ1) is 21.6. The van der Waals surface area contributed by atoms with Crippen LogP contribution in [0.25, 0.3) is 6.08 Å². The molecule has 0 spiro atoms. The second-order valence-electron chi connectivity index (χ2n) is 13.2. The van der Waals surface area contributed by atoms with Gasteiger partial charge in [0, 0.05) is 54.7 Å². The number of aryl methyl sites for hydroxylation is 1. The van der Waals surface area contributed by atoms with Crippen molar-refractivity contribution in [1.82, 2.24) is 0 Å². The van der Waals surface area contributed by atoms with Crippen LogP contribution in [0, 0.1) is 12.8 Å². The van der Waals surface area contributed by atoms with Gasteiger partial charge in [-0.15, -0.1) is 0 Å². The first-order valence-corrected chi connectivity index (χ1v) is 19.3. The Labute approximate surface area is 272 Å². The molecule has 0 bridgehead atoms. The highest BCUT2D eigenvalue weighted by atomic mass is 32.2. The number of unbranched alkanes of at least 4 members (excludes halogenated alkanes) is 2. The van der Waals surface area contributed by atoms with Gasteiger partial charge < -0.3 is 10.0 Å². The maximum absolute atomic E-state index is 11.3. The molecule has 0 radical (unpaired) electrons. The van der Waals surface area contributed by atoms with Crippen LogP contribution in [0.3, 0.4) is 0 Å². The maximum Gasteiger partial charge on any atom is 0.303 e. The molecular weight excluding hydrogens is 629 g/mol. The lowest BCUT2D eigenvalue weighted by Crippen LogP contribution is -2.41. The molecule has 2 atom stereocenters. The molecule has 250 valence electrons.